The first-order valence-electron chi connectivity index (χ1n) is 5.86. The Morgan fingerprint density at radius 3 is 2.10 bits per heavy atom. The van der Waals surface area contributed by atoms with Crippen LogP contribution in [0.1, 0.15) is 0 Å². The van der Waals surface area contributed by atoms with Gasteiger partial charge >= 0.3 is 5.97 Å². The number of nitrogens with two attached hydrogens (primary N) is 1. The number of hydrogen-bond donors (Lipinski definition) is 7. The van der Waals surface area contributed by atoms with E-state index in [1.165, 1.54) is 0 Å². The summed E-state index contributed by atoms with van der Waals surface area (Å²) in [5.74, 6) is -3.55. The van der Waals surface area contributed by atoms with E-state index in [-0.39, 0.29) is 12.3 Å². The lowest BCUT2D eigenvalue weighted by Gasteiger charge is -2.16. The molecule has 0 aliphatic carbocycles. The van der Waals surface area contributed by atoms with Crippen LogP contribution in [0.3, 0.4) is 0 Å². The highest BCUT2D eigenvalue weighted by Crippen LogP contribution is 1.88. The minimum absolute atomic E-state index is 0.110. The van der Waals surface area contributed by atoms with Gasteiger partial charge in [0.15, 0.2) is 0 Å². The summed E-state index contributed by atoms with van der Waals surface area (Å²) in [6, 6.07) is -2.42. The maximum Gasteiger partial charge on any atom is 0.327 e. The highest BCUT2D eigenvalue weighted by Gasteiger charge is 2.21. The van der Waals surface area contributed by atoms with Crippen LogP contribution < -0.4 is 21.7 Å². The summed E-state index contributed by atoms with van der Waals surface area (Å²) in [6.07, 6.45) is 0. The number of aliphatic hydroxyl groups is 1. The first kappa shape index (κ1) is 19.1. The van der Waals surface area contributed by atoms with Gasteiger partial charge in [0.05, 0.1) is 19.7 Å². The van der Waals surface area contributed by atoms with E-state index in [4.69, 9.17) is 15.9 Å². The molecule has 0 saturated heterocycles. The van der Waals surface area contributed by atoms with E-state index in [2.05, 4.69) is 28.6 Å². The number of aliphatic hydroxyl groups excluding tert-OH is 1. The van der Waals surface area contributed by atoms with Crippen molar-refractivity contribution in [2.75, 3.05) is 25.4 Å². The molecule has 7 N–H and O–H groups in total. The van der Waals surface area contributed by atoms with Crippen LogP contribution in [0.4, 0.5) is 0 Å². The Balaban J connectivity index is 4.30. The quantitative estimate of drug-likeness (QED) is 0.212. The largest absolute Gasteiger partial charge is 0.480 e. The molecule has 0 aromatic rings. The number of hydrogen-bond acceptors (Lipinski definition) is 7. The van der Waals surface area contributed by atoms with E-state index in [9.17, 15) is 19.2 Å². The predicted octanol–water partition coefficient (Wildman–Crippen LogP) is -3.96. The molecular weight excluding hydrogens is 304 g/mol. The van der Waals surface area contributed by atoms with Crippen molar-refractivity contribution in [2.45, 2.75) is 12.1 Å². The van der Waals surface area contributed by atoms with Gasteiger partial charge in [0.25, 0.3) is 0 Å². The summed E-state index contributed by atoms with van der Waals surface area (Å²) in [5, 5.41) is 24.1. The zero-order valence-corrected chi connectivity index (χ0v) is 11.9. The smallest absolute Gasteiger partial charge is 0.327 e. The molecule has 0 radical (unpaired) electrons. The number of carboxylic acid groups (broad SMARTS) is 1. The molecule has 0 aliphatic rings. The number of nitrogens with one attached hydrogen (secondary N) is 3. The second-order valence-electron chi connectivity index (χ2n) is 3.87. The number of carboxylic acids is 1. The number of carbonyl (C=O) groups is 4. The molecular formula is C10H18N4O6S. The fourth-order valence-corrected chi connectivity index (χ4v) is 1.42. The molecule has 0 bridgehead atoms. The normalized spacial score (nSPS) is 12.9. The fourth-order valence-electron chi connectivity index (χ4n) is 1.17. The lowest BCUT2D eigenvalue weighted by molar-refractivity contribution is -0.141. The van der Waals surface area contributed by atoms with E-state index >= 15 is 0 Å². The minimum Gasteiger partial charge on any atom is -0.480 e. The second-order valence-corrected chi connectivity index (χ2v) is 4.23. The van der Waals surface area contributed by atoms with Crippen LogP contribution in [-0.4, -0.2) is 71.4 Å². The Labute approximate surface area is 125 Å². The zero-order valence-electron chi connectivity index (χ0n) is 11.0. The van der Waals surface area contributed by atoms with Gasteiger partial charge in [-0.2, -0.15) is 12.6 Å². The molecule has 0 saturated carbocycles. The Morgan fingerprint density at radius 1 is 1.10 bits per heavy atom. The van der Waals surface area contributed by atoms with Crippen molar-refractivity contribution < 1.29 is 29.4 Å². The molecule has 0 rings (SSSR count). The monoisotopic (exact) mass is 322 g/mol. The number of amides is 3. The van der Waals surface area contributed by atoms with Gasteiger partial charge in [0, 0.05) is 5.75 Å². The zero-order chi connectivity index (χ0) is 16.4. The molecule has 21 heavy (non-hydrogen) atoms. The van der Waals surface area contributed by atoms with Gasteiger partial charge in [-0.15, -0.1) is 0 Å². The first-order valence-corrected chi connectivity index (χ1v) is 6.50. The van der Waals surface area contributed by atoms with Crippen molar-refractivity contribution in [1.82, 2.24) is 16.0 Å². The average molecular weight is 322 g/mol. The fraction of sp³-hybridized carbons (Fsp3) is 0.600. The van der Waals surface area contributed by atoms with Crippen molar-refractivity contribution in [2.24, 2.45) is 5.73 Å². The maximum absolute atomic E-state index is 11.6. The number of rotatable bonds is 9. The van der Waals surface area contributed by atoms with Crippen molar-refractivity contribution in [3.63, 3.8) is 0 Å². The summed E-state index contributed by atoms with van der Waals surface area (Å²) >= 11 is 3.76. The highest BCUT2D eigenvalue weighted by molar-refractivity contribution is 7.80. The Bertz CT molecular complexity index is 405. The summed E-state index contributed by atoms with van der Waals surface area (Å²) in [7, 11) is 0. The number of carbonyl (C=O) groups excluding carboxylic acids is 3. The van der Waals surface area contributed by atoms with Crippen molar-refractivity contribution >= 4 is 36.3 Å². The molecule has 10 nitrogen and oxygen atoms in total. The molecule has 11 heteroatoms. The van der Waals surface area contributed by atoms with E-state index in [1.54, 1.807) is 0 Å². The SMILES string of the molecule is NCC(=O)N[C@@H](CO)C(=O)NCC(=O)N[C@@H](CS)C(=O)O. The van der Waals surface area contributed by atoms with Crippen molar-refractivity contribution in [1.29, 1.82) is 0 Å². The first-order chi connectivity index (χ1) is 9.85. The van der Waals surface area contributed by atoms with E-state index in [0.29, 0.717) is 0 Å². The third kappa shape index (κ3) is 7.48. The van der Waals surface area contributed by atoms with E-state index in [1.807, 2.05) is 0 Å². The van der Waals surface area contributed by atoms with Gasteiger partial charge in [-0.05, 0) is 0 Å². The predicted molar refractivity (Wildman–Crippen MR) is 74.5 cm³/mol. The van der Waals surface area contributed by atoms with Gasteiger partial charge in [-0.1, -0.05) is 0 Å². The molecule has 0 unspecified atom stereocenters. The summed E-state index contributed by atoms with van der Waals surface area (Å²) in [4.78, 5) is 44.7. The van der Waals surface area contributed by atoms with Crippen LogP contribution >= 0.6 is 12.6 Å². The molecule has 2 atom stereocenters. The molecule has 0 aliphatic heterocycles. The Hall–Kier alpha value is -1.85. The molecule has 0 fully saturated rings. The van der Waals surface area contributed by atoms with Crippen LogP contribution in [0.25, 0.3) is 0 Å². The topological polar surface area (TPSA) is 171 Å². The lowest BCUT2D eigenvalue weighted by Crippen LogP contribution is -2.53. The van der Waals surface area contributed by atoms with E-state index < -0.39 is 48.9 Å². The third-order valence-electron chi connectivity index (χ3n) is 2.26. The van der Waals surface area contributed by atoms with Crippen molar-refractivity contribution in [3.8, 4) is 0 Å². The molecule has 0 aromatic carbocycles. The van der Waals surface area contributed by atoms with Gasteiger partial charge in [-0.25, -0.2) is 4.79 Å². The second kappa shape index (κ2) is 9.96. The van der Waals surface area contributed by atoms with Crippen LogP contribution in [0, 0.1) is 0 Å². The Morgan fingerprint density at radius 2 is 1.67 bits per heavy atom. The van der Waals surface area contributed by atoms with Crippen LogP contribution in [0.5, 0.6) is 0 Å². The highest BCUT2D eigenvalue weighted by atomic mass is 32.1. The lowest BCUT2D eigenvalue weighted by atomic mass is 10.2. The van der Waals surface area contributed by atoms with E-state index in [0.717, 1.165) is 0 Å². The molecule has 0 heterocycles. The molecule has 3 amide bonds. The minimum atomic E-state index is -1.26. The Kier molecular flexibility index (Phi) is 9.08. The number of thiol groups is 1. The molecule has 0 aromatic heterocycles. The number of aliphatic carboxylic acids is 1. The van der Waals surface area contributed by atoms with Crippen molar-refractivity contribution in [3.05, 3.63) is 0 Å². The van der Waals surface area contributed by atoms with Crippen LogP contribution in [-0.2, 0) is 19.2 Å². The maximum atomic E-state index is 11.6. The standard InChI is InChI=1S/C10H18N4O6S/c11-1-7(16)13-5(3-15)9(18)12-2-8(17)14-6(4-21)10(19)20/h5-6,15,21H,1-4,11H2,(H,12,18)(H,13,16)(H,14,17)(H,19,20)/t5-,6-/m0/s1. The van der Waals surface area contributed by atoms with Crippen LogP contribution in [0.2, 0.25) is 0 Å². The summed E-state index contributed by atoms with van der Waals surface area (Å²) < 4.78 is 0. The molecule has 120 valence electrons. The van der Waals surface area contributed by atoms with Crippen LogP contribution in [0.15, 0.2) is 0 Å². The average Bonchev–Trinajstić information content (AvgIpc) is 2.46. The molecule has 0 spiro atoms. The van der Waals surface area contributed by atoms with Gasteiger partial charge in [0.2, 0.25) is 17.7 Å². The van der Waals surface area contributed by atoms with Gasteiger partial charge < -0.3 is 31.9 Å². The van der Waals surface area contributed by atoms with Gasteiger partial charge in [-0.3, -0.25) is 14.4 Å². The summed E-state index contributed by atoms with van der Waals surface area (Å²) in [6.45, 7) is -1.54. The summed E-state index contributed by atoms with van der Waals surface area (Å²) in [5.41, 5.74) is 5.04. The third-order valence-corrected chi connectivity index (χ3v) is 2.62. The van der Waals surface area contributed by atoms with Gasteiger partial charge in [0.1, 0.15) is 12.1 Å².